The van der Waals surface area contributed by atoms with Gasteiger partial charge < -0.3 is 15.2 Å². The van der Waals surface area contributed by atoms with Gasteiger partial charge in [-0.1, -0.05) is 12.1 Å². The zero-order chi connectivity index (χ0) is 10.1. The molecule has 0 atom stereocenters. The Balaban J connectivity index is 3.48. The first-order chi connectivity index (χ1) is 6.24. The average Bonchev–Trinajstić information content (AvgIpc) is 2.16. The standard InChI is InChI=1S/C9H20N2O2/c1-3-11(7-8-12)6-4-5-9(2)10-13/h12-13H,3-8H2,1-2H3/b10-9-. The van der Waals surface area contributed by atoms with Crippen molar-refractivity contribution in [2.24, 2.45) is 5.16 Å². The summed E-state index contributed by atoms with van der Waals surface area (Å²) < 4.78 is 0. The van der Waals surface area contributed by atoms with Crippen LogP contribution in [0.5, 0.6) is 0 Å². The Labute approximate surface area is 79.9 Å². The van der Waals surface area contributed by atoms with Crippen LogP contribution < -0.4 is 0 Å². The first-order valence-electron chi connectivity index (χ1n) is 4.75. The number of likely N-dealkylation sites (N-methyl/N-ethyl adjacent to an activating group) is 1. The number of aliphatic hydroxyl groups excluding tert-OH is 1. The molecule has 0 radical (unpaired) electrons. The molecule has 0 saturated heterocycles. The minimum Gasteiger partial charge on any atom is -0.411 e. The Hall–Kier alpha value is -0.610. The lowest BCUT2D eigenvalue weighted by Crippen LogP contribution is -2.27. The van der Waals surface area contributed by atoms with Gasteiger partial charge in [-0.3, -0.25) is 0 Å². The molecule has 0 aliphatic carbocycles. The average molecular weight is 188 g/mol. The second-order valence-corrected chi connectivity index (χ2v) is 3.10. The van der Waals surface area contributed by atoms with Gasteiger partial charge in [-0.05, 0) is 32.9 Å². The Morgan fingerprint density at radius 1 is 1.38 bits per heavy atom. The summed E-state index contributed by atoms with van der Waals surface area (Å²) in [6.07, 6.45) is 1.79. The zero-order valence-electron chi connectivity index (χ0n) is 8.53. The van der Waals surface area contributed by atoms with Gasteiger partial charge in [0.25, 0.3) is 0 Å². The van der Waals surface area contributed by atoms with E-state index in [0.29, 0.717) is 0 Å². The van der Waals surface area contributed by atoms with Crippen molar-refractivity contribution >= 4 is 5.71 Å². The third-order valence-corrected chi connectivity index (χ3v) is 2.05. The van der Waals surface area contributed by atoms with Crippen molar-refractivity contribution in [3.63, 3.8) is 0 Å². The third kappa shape index (κ3) is 6.54. The Morgan fingerprint density at radius 2 is 2.08 bits per heavy atom. The molecule has 0 bridgehead atoms. The van der Waals surface area contributed by atoms with Crippen molar-refractivity contribution < 1.29 is 10.3 Å². The van der Waals surface area contributed by atoms with Crippen LogP contribution in [0.25, 0.3) is 0 Å². The van der Waals surface area contributed by atoms with E-state index >= 15 is 0 Å². The van der Waals surface area contributed by atoms with Crippen molar-refractivity contribution in [2.75, 3.05) is 26.2 Å². The summed E-state index contributed by atoms with van der Waals surface area (Å²) in [7, 11) is 0. The van der Waals surface area contributed by atoms with Gasteiger partial charge in [0.2, 0.25) is 0 Å². The van der Waals surface area contributed by atoms with E-state index in [0.717, 1.165) is 38.2 Å². The number of hydrogen-bond acceptors (Lipinski definition) is 4. The molecule has 0 aromatic heterocycles. The lowest BCUT2D eigenvalue weighted by molar-refractivity contribution is 0.201. The highest BCUT2D eigenvalue weighted by Crippen LogP contribution is 1.96. The van der Waals surface area contributed by atoms with Crippen molar-refractivity contribution in [2.45, 2.75) is 26.7 Å². The normalized spacial score (nSPS) is 12.5. The lowest BCUT2D eigenvalue weighted by atomic mass is 10.2. The second kappa shape index (κ2) is 8.01. The lowest BCUT2D eigenvalue weighted by Gasteiger charge is -2.18. The summed E-state index contributed by atoms with van der Waals surface area (Å²) in [6.45, 7) is 6.72. The maximum Gasteiger partial charge on any atom is 0.0558 e. The molecular formula is C9H20N2O2. The summed E-state index contributed by atoms with van der Waals surface area (Å²) in [5, 5.41) is 20.2. The van der Waals surface area contributed by atoms with E-state index in [-0.39, 0.29) is 6.61 Å². The van der Waals surface area contributed by atoms with Gasteiger partial charge >= 0.3 is 0 Å². The van der Waals surface area contributed by atoms with Crippen LogP contribution in [0.2, 0.25) is 0 Å². The van der Waals surface area contributed by atoms with Crippen molar-refractivity contribution in [3.05, 3.63) is 0 Å². The Kier molecular flexibility index (Phi) is 7.63. The molecule has 2 N–H and O–H groups in total. The van der Waals surface area contributed by atoms with E-state index in [9.17, 15) is 0 Å². The molecule has 78 valence electrons. The van der Waals surface area contributed by atoms with Crippen molar-refractivity contribution in [1.82, 2.24) is 4.90 Å². The van der Waals surface area contributed by atoms with Gasteiger partial charge in [0.05, 0.1) is 12.3 Å². The molecule has 0 unspecified atom stereocenters. The van der Waals surface area contributed by atoms with Gasteiger partial charge in [-0.25, -0.2) is 0 Å². The monoisotopic (exact) mass is 188 g/mol. The summed E-state index contributed by atoms with van der Waals surface area (Å²) in [6, 6.07) is 0. The van der Waals surface area contributed by atoms with Crippen LogP contribution in [-0.2, 0) is 0 Å². The maximum atomic E-state index is 8.72. The number of aliphatic hydroxyl groups is 1. The highest BCUT2D eigenvalue weighted by atomic mass is 16.4. The molecule has 0 aromatic rings. The molecule has 0 amide bonds. The highest BCUT2D eigenvalue weighted by Gasteiger charge is 2.01. The fourth-order valence-corrected chi connectivity index (χ4v) is 1.18. The predicted octanol–water partition coefficient (Wildman–Crippen LogP) is 0.931. The largest absolute Gasteiger partial charge is 0.411 e. The molecule has 0 fully saturated rings. The Morgan fingerprint density at radius 3 is 2.54 bits per heavy atom. The molecule has 4 heteroatoms. The smallest absolute Gasteiger partial charge is 0.0558 e. The maximum absolute atomic E-state index is 8.72. The van der Waals surface area contributed by atoms with Gasteiger partial charge in [-0.15, -0.1) is 0 Å². The SMILES string of the molecule is CCN(CCO)CCC/C(C)=N\O. The Bertz CT molecular complexity index is 149. The van der Waals surface area contributed by atoms with Crippen molar-refractivity contribution in [3.8, 4) is 0 Å². The van der Waals surface area contributed by atoms with Crippen LogP contribution in [0.4, 0.5) is 0 Å². The van der Waals surface area contributed by atoms with E-state index in [1.807, 2.05) is 6.92 Å². The minimum atomic E-state index is 0.209. The first kappa shape index (κ1) is 12.4. The molecule has 0 rings (SSSR count). The fourth-order valence-electron chi connectivity index (χ4n) is 1.18. The molecule has 0 heterocycles. The predicted molar refractivity (Wildman–Crippen MR) is 53.3 cm³/mol. The second-order valence-electron chi connectivity index (χ2n) is 3.10. The third-order valence-electron chi connectivity index (χ3n) is 2.05. The first-order valence-corrected chi connectivity index (χ1v) is 4.75. The molecule has 0 saturated carbocycles. The van der Waals surface area contributed by atoms with Gasteiger partial charge in [-0.2, -0.15) is 0 Å². The van der Waals surface area contributed by atoms with Crippen LogP contribution in [0.1, 0.15) is 26.7 Å². The molecule has 4 nitrogen and oxygen atoms in total. The number of oxime groups is 1. The number of nitrogens with zero attached hydrogens (tertiary/aromatic N) is 2. The van der Waals surface area contributed by atoms with Crippen LogP contribution in [0.3, 0.4) is 0 Å². The van der Waals surface area contributed by atoms with Crippen LogP contribution >= 0.6 is 0 Å². The van der Waals surface area contributed by atoms with Gasteiger partial charge in [0.1, 0.15) is 0 Å². The number of hydrogen-bond donors (Lipinski definition) is 2. The molecular weight excluding hydrogens is 168 g/mol. The van der Waals surface area contributed by atoms with E-state index in [1.54, 1.807) is 0 Å². The molecule has 0 spiro atoms. The van der Waals surface area contributed by atoms with E-state index in [1.165, 1.54) is 0 Å². The highest BCUT2D eigenvalue weighted by molar-refractivity contribution is 5.81. The summed E-state index contributed by atoms with van der Waals surface area (Å²) >= 11 is 0. The fraction of sp³-hybridized carbons (Fsp3) is 0.889. The zero-order valence-corrected chi connectivity index (χ0v) is 8.53. The minimum absolute atomic E-state index is 0.209. The summed E-state index contributed by atoms with van der Waals surface area (Å²) in [5.41, 5.74) is 0.764. The summed E-state index contributed by atoms with van der Waals surface area (Å²) in [5.74, 6) is 0. The molecule has 0 aliphatic rings. The molecule has 13 heavy (non-hydrogen) atoms. The van der Waals surface area contributed by atoms with E-state index < -0.39 is 0 Å². The van der Waals surface area contributed by atoms with E-state index in [4.69, 9.17) is 10.3 Å². The number of rotatable bonds is 7. The van der Waals surface area contributed by atoms with E-state index in [2.05, 4.69) is 17.0 Å². The van der Waals surface area contributed by atoms with Gasteiger partial charge in [0, 0.05) is 6.54 Å². The van der Waals surface area contributed by atoms with Crippen LogP contribution in [0, 0.1) is 0 Å². The van der Waals surface area contributed by atoms with Crippen molar-refractivity contribution in [1.29, 1.82) is 0 Å². The van der Waals surface area contributed by atoms with Gasteiger partial charge in [0.15, 0.2) is 0 Å². The van der Waals surface area contributed by atoms with Crippen LogP contribution in [-0.4, -0.2) is 47.2 Å². The topological polar surface area (TPSA) is 56.1 Å². The summed E-state index contributed by atoms with van der Waals surface area (Å²) in [4.78, 5) is 2.17. The molecule has 0 aromatic carbocycles. The quantitative estimate of drug-likeness (QED) is 0.355. The van der Waals surface area contributed by atoms with Crippen LogP contribution in [0.15, 0.2) is 5.16 Å². The molecule has 0 aliphatic heterocycles.